The van der Waals surface area contributed by atoms with Crippen LogP contribution in [-0.4, -0.2) is 35.9 Å². The Bertz CT molecular complexity index is 969. The summed E-state index contributed by atoms with van der Waals surface area (Å²) in [6.45, 7) is 2.23. The first-order valence-electron chi connectivity index (χ1n) is 9.67. The van der Waals surface area contributed by atoms with Crippen molar-refractivity contribution in [1.82, 2.24) is 0 Å². The lowest BCUT2D eigenvalue weighted by molar-refractivity contribution is -0.118. The van der Waals surface area contributed by atoms with Crippen LogP contribution < -0.4 is 15.2 Å². The molecule has 0 bridgehead atoms. The monoisotopic (exact) mass is 390 g/mol. The summed E-state index contributed by atoms with van der Waals surface area (Å²) >= 11 is 0. The molecule has 1 saturated heterocycles. The number of para-hydroxylation sites is 1. The number of Topliss-reactive ketones (excluding diaryl/α,β-unsaturated/α-hetero) is 1. The van der Waals surface area contributed by atoms with Crippen LogP contribution in [0.15, 0.2) is 59.7 Å². The molecule has 2 aromatic rings. The number of anilines is 3. The highest BCUT2D eigenvalue weighted by atomic mass is 16.2. The molecule has 0 spiro atoms. The van der Waals surface area contributed by atoms with E-state index >= 15 is 0 Å². The minimum Gasteiger partial charge on any atom is -0.321 e. The molecule has 2 amide bonds. The summed E-state index contributed by atoms with van der Waals surface area (Å²) in [6.07, 6.45) is 1.70. The second-order valence-corrected chi connectivity index (χ2v) is 7.21. The molecule has 29 heavy (non-hydrogen) atoms. The van der Waals surface area contributed by atoms with Crippen molar-refractivity contribution in [2.75, 3.05) is 21.8 Å². The van der Waals surface area contributed by atoms with E-state index in [0.717, 1.165) is 24.3 Å². The Morgan fingerprint density at radius 1 is 1.03 bits per heavy atom. The van der Waals surface area contributed by atoms with Crippen molar-refractivity contribution >= 4 is 40.4 Å². The van der Waals surface area contributed by atoms with Crippen LogP contribution in [0.1, 0.15) is 26.2 Å². The number of carbonyl (C=O) groups excluding carboxylic acids is 3. The van der Waals surface area contributed by atoms with Crippen molar-refractivity contribution in [2.45, 2.75) is 32.2 Å². The molecule has 2 heterocycles. The minimum atomic E-state index is -0.485. The van der Waals surface area contributed by atoms with Gasteiger partial charge in [-0.1, -0.05) is 18.2 Å². The van der Waals surface area contributed by atoms with Crippen LogP contribution >= 0.6 is 0 Å². The van der Waals surface area contributed by atoms with Gasteiger partial charge in [-0.15, -0.1) is 0 Å². The highest BCUT2D eigenvalue weighted by molar-refractivity contribution is 6.44. The number of hydrazone groups is 1. The van der Waals surface area contributed by atoms with E-state index in [1.54, 1.807) is 22.0 Å². The van der Waals surface area contributed by atoms with Gasteiger partial charge in [-0.2, -0.15) is 5.10 Å². The van der Waals surface area contributed by atoms with Gasteiger partial charge in [0.15, 0.2) is 5.78 Å². The third kappa shape index (κ3) is 3.89. The molecule has 0 aliphatic carbocycles. The van der Waals surface area contributed by atoms with Gasteiger partial charge in [-0.25, -0.2) is 0 Å². The van der Waals surface area contributed by atoms with Crippen LogP contribution in [0.3, 0.4) is 0 Å². The predicted molar refractivity (Wildman–Crippen MR) is 112 cm³/mol. The van der Waals surface area contributed by atoms with Gasteiger partial charge in [0.05, 0.1) is 5.69 Å². The molecule has 0 saturated carbocycles. The van der Waals surface area contributed by atoms with Crippen LogP contribution in [0, 0.1) is 0 Å². The van der Waals surface area contributed by atoms with E-state index in [1.165, 1.54) is 6.92 Å². The zero-order chi connectivity index (χ0) is 20.4. The largest absolute Gasteiger partial charge is 0.321 e. The molecule has 2 aromatic carbocycles. The Kier molecular flexibility index (Phi) is 5.12. The van der Waals surface area contributed by atoms with E-state index in [0.29, 0.717) is 17.8 Å². The zero-order valence-electron chi connectivity index (χ0n) is 16.2. The van der Waals surface area contributed by atoms with Gasteiger partial charge in [0.25, 0.3) is 5.91 Å². The van der Waals surface area contributed by atoms with Gasteiger partial charge in [0.2, 0.25) is 5.91 Å². The number of benzene rings is 2. The third-order valence-corrected chi connectivity index (χ3v) is 5.17. The second kappa shape index (κ2) is 7.87. The van der Waals surface area contributed by atoms with Crippen LogP contribution in [0.2, 0.25) is 0 Å². The van der Waals surface area contributed by atoms with E-state index in [-0.39, 0.29) is 24.0 Å². The number of hydrogen-bond acceptors (Lipinski definition) is 5. The predicted octanol–water partition coefficient (Wildman–Crippen LogP) is 2.98. The van der Waals surface area contributed by atoms with Gasteiger partial charge in [-0.05, 0) is 49.7 Å². The molecular formula is C22H22N4O3. The Hall–Kier alpha value is -3.48. The lowest BCUT2D eigenvalue weighted by Gasteiger charge is -2.20. The fraction of sp³-hybridized carbons (Fsp3) is 0.273. The van der Waals surface area contributed by atoms with Gasteiger partial charge in [0, 0.05) is 30.8 Å². The van der Waals surface area contributed by atoms with Crippen LogP contribution in [0.5, 0.6) is 0 Å². The fourth-order valence-corrected chi connectivity index (χ4v) is 3.63. The summed E-state index contributed by atoms with van der Waals surface area (Å²) in [5.74, 6) is -0.252. The molecular weight excluding hydrogens is 368 g/mol. The fourth-order valence-electron chi connectivity index (χ4n) is 3.63. The highest BCUT2D eigenvalue weighted by Gasteiger charge is 2.34. The molecule has 4 rings (SSSR count). The van der Waals surface area contributed by atoms with Crippen molar-refractivity contribution < 1.29 is 14.4 Å². The van der Waals surface area contributed by atoms with Crippen molar-refractivity contribution in [3.8, 4) is 0 Å². The van der Waals surface area contributed by atoms with E-state index in [4.69, 9.17) is 0 Å². The highest BCUT2D eigenvalue weighted by Crippen LogP contribution is 2.26. The molecule has 1 fully saturated rings. The van der Waals surface area contributed by atoms with Crippen LogP contribution in [0.4, 0.5) is 17.1 Å². The lowest BCUT2D eigenvalue weighted by Crippen LogP contribution is -2.33. The second-order valence-electron chi connectivity index (χ2n) is 7.21. The summed E-state index contributed by atoms with van der Waals surface area (Å²) in [7, 11) is 0. The van der Waals surface area contributed by atoms with Gasteiger partial charge in [0.1, 0.15) is 11.8 Å². The number of amides is 2. The Labute approximate surface area is 169 Å². The quantitative estimate of drug-likeness (QED) is 0.851. The number of nitrogens with one attached hydrogen (secondary N) is 1. The number of ketones is 1. The Morgan fingerprint density at radius 3 is 2.38 bits per heavy atom. The number of carbonyl (C=O) groups is 3. The average molecular weight is 390 g/mol. The molecule has 2 aliphatic rings. The van der Waals surface area contributed by atoms with Crippen molar-refractivity contribution in [1.29, 1.82) is 0 Å². The maximum absolute atomic E-state index is 12.7. The first-order valence-corrected chi connectivity index (χ1v) is 9.67. The van der Waals surface area contributed by atoms with Crippen molar-refractivity contribution in [3.63, 3.8) is 0 Å². The topological polar surface area (TPSA) is 82.1 Å². The average Bonchev–Trinajstić information content (AvgIpc) is 3.36. The van der Waals surface area contributed by atoms with Gasteiger partial charge in [-0.3, -0.25) is 19.4 Å². The smallest absolute Gasteiger partial charge is 0.271 e. The van der Waals surface area contributed by atoms with Crippen molar-refractivity contribution in [3.05, 3.63) is 54.6 Å². The molecule has 1 atom stereocenters. The van der Waals surface area contributed by atoms with Crippen LogP contribution in [0.25, 0.3) is 0 Å². The summed E-state index contributed by atoms with van der Waals surface area (Å²) in [4.78, 5) is 38.4. The summed E-state index contributed by atoms with van der Waals surface area (Å²) in [5, 5.41) is 8.86. The molecule has 7 heteroatoms. The van der Waals surface area contributed by atoms with E-state index in [1.807, 2.05) is 42.5 Å². The summed E-state index contributed by atoms with van der Waals surface area (Å²) in [5.41, 5.74) is 2.53. The van der Waals surface area contributed by atoms with Gasteiger partial charge >= 0.3 is 0 Å². The number of rotatable bonds is 5. The molecule has 1 N–H and O–H groups in total. The van der Waals surface area contributed by atoms with E-state index in [9.17, 15) is 14.4 Å². The molecule has 0 aromatic heterocycles. The normalized spacial score (nSPS) is 18.7. The van der Waals surface area contributed by atoms with Crippen LogP contribution in [-0.2, 0) is 14.4 Å². The van der Waals surface area contributed by atoms with Gasteiger partial charge < -0.3 is 10.2 Å². The Morgan fingerprint density at radius 2 is 1.76 bits per heavy atom. The van der Waals surface area contributed by atoms with E-state index in [2.05, 4.69) is 10.4 Å². The molecule has 0 radical (unpaired) electrons. The third-order valence-electron chi connectivity index (χ3n) is 5.17. The zero-order valence-corrected chi connectivity index (χ0v) is 16.2. The maximum atomic E-state index is 12.7. The molecule has 7 nitrogen and oxygen atoms in total. The minimum absolute atomic E-state index is 0.0416. The van der Waals surface area contributed by atoms with E-state index < -0.39 is 6.04 Å². The number of nitrogens with zero attached hydrogens (tertiary/aromatic N) is 3. The number of hydrogen-bond donors (Lipinski definition) is 1. The lowest BCUT2D eigenvalue weighted by atomic mass is 10.1. The SMILES string of the molecule is CC(=O)C1CC(C(=O)Nc2ccc(N3CCCC3=O)cc2)=NN1c1ccccc1. The van der Waals surface area contributed by atoms with Crippen molar-refractivity contribution in [2.24, 2.45) is 5.10 Å². The maximum Gasteiger partial charge on any atom is 0.271 e. The first kappa shape index (κ1) is 18.9. The summed E-state index contributed by atoms with van der Waals surface area (Å²) < 4.78 is 0. The molecule has 148 valence electrons. The standard InChI is InChI=1S/C22H22N4O3/c1-15(27)20-14-19(24-26(20)18-6-3-2-4-7-18)22(29)23-16-9-11-17(12-10-16)25-13-5-8-21(25)28/h2-4,6-7,9-12,20H,5,8,13-14H2,1H3,(H,23,29). The molecule has 1 unspecified atom stereocenters. The Balaban J connectivity index is 1.48. The molecule has 2 aliphatic heterocycles. The summed E-state index contributed by atoms with van der Waals surface area (Å²) in [6, 6.07) is 16.0. The first-order chi connectivity index (χ1) is 14.0.